The van der Waals surface area contributed by atoms with Crippen LogP contribution in [0.2, 0.25) is 0 Å². The first-order valence-corrected chi connectivity index (χ1v) is 9.39. The predicted octanol–water partition coefficient (Wildman–Crippen LogP) is 0.612. The first-order valence-electron chi connectivity index (χ1n) is 9.39. The van der Waals surface area contributed by atoms with E-state index in [2.05, 4.69) is 20.3 Å². The molecule has 3 aromatic rings. The van der Waals surface area contributed by atoms with Crippen LogP contribution in [-0.4, -0.2) is 38.5 Å². The highest BCUT2D eigenvalue weighted by Gasteiger charge is 2.19. The minimum absolute atomic E-state index is 0.00737. The van der Waals surface area contributed by atoms with Crippen molar-refractivity contribution in [1.29, 1.82) is 0 Å². The standard InChI is InChI=1S/C20H23N5O5/c1-11-4-6-12(7-5-11)13(10-16(27)30-3)21-15(26)9-8-14-22-17-18(23-14)25(2)20(29)24-19(17)28/h4-7,13H,8-10H2,1-3H3,(H,21,26)(H,22,23)(H,24,28,29). The van der Waals surface area contributed by atoms with E-state index in [1.165, 1.54) is 18.7 Å². The van der Waals surface area contributed by atoms with Crippen molar-refractivity contribution < 1.29 is 14.3 Å². The van der Waals surface area contributed by atoms with E-state index in [4.69, 9.17) is 4.74 Å². The number of esters is 1. The molecule has 158 valence electrons. The molecule has 0 fully saturated rings. The molecule has 0 saturated carbocycles. The number of hydrogen-bond donors (Lipinski definition) is 3. The molecular weight excluding hydrogens is 390 g/mol. The summed E-state index contributed by atoms with van der Waals surface area (Å²) in [7, 11) is 2.80. The highest BCUT2D eigenvalue weighted by Crippen LogP contribution is 2.18. The van der Waals surface area contributed by atoms with Crippen molar-refractivity contribution in [3.05, 3.63) is 62.1 Å². The summed E-state index contributed by atoms with van der Waals surface area (Å²) >= 11 is 0. The fraction of sp³-hybridized carbons (Fsp3) is 0.350. The maximum absolute atomic E-state index is 12.5. The quantitative estimate of drug-likeness (QED) is 0.485. The number of aryl methyl sites for hydroxylation is 3. The number of rotatable bonds is 7. The van der Waals surface area contributed by atoms with Crippen molar-refractivity contribution in [2.45, 2.75) is 32.2 Å². The van der Waals surface area contributed by atoms with Crippen molar-refractivity contribution in [1.82, 2.24) is 24.8 Å². The average Bonchev–Trinajstić information content (AvgIpc) is 3.16. The molecule has 3 rings (SSSR count). The van der Waals surface area contributed by atoms with Gasteiger partial charge in [-0.2, -0.15) is 0 Å². The van der Waals surface area contributed by atoms with Crippen LogP contribution in [-0.2, 0) is 27.8 Å². The Bertz CT molecular complexity index is 1190. The second-order valence-electron chi connectivity index (χ2n) is 7.01. The number of hydrogen-bond acceptors (Lipinski definition) is 6. The lowest BCUT2D eigenvalue weighted by Crippen LogP contribution is -2.30. The number of aromatic nitrogens is 4. The summed E-state index contributed by atoms with van der Waals surface area (Å²) in [5, 5.41) is 2.85. The van der Waals surface area contributed by atoms with Gasteiger partial charge in [0.15, 0.2) is 5.65 Å². The van der Waals surface area contributed by atoms with Gasteiger partial charge in [0.1, 0.15) is 11.3 Å². The summed E-state index contributed by atoms with van der Waals surface area (Å²) in [6.45, 7) is 1.95. The normalized spacial score (nSPS) is 12.0. The van der Waals surface area contributed by atoms with Gasteiger partial charge in [0, 0.05) is 19.9 Å². The molecular formula is C20H23N5O5. The number of imidazole rings is 1. The Kier molecular flexibility index (Phi) is 6.14. The molecule has 10 heteroatoms. The van der Waals surface area contributed by atoms with Gasteiger partial charge >= 0.3 is 11.7 Å². The Balaban J connectivity index is 1.71. The SMILES string of the molecule is COC(=O)CC(NC(=O)CCc1nc2c([nH]1)c(=O)[nH]c(=O)n2C)c1ccc(C)cc1. The Morgan fingerprint density at radius 2 is 1.90 bits per heavy atom. The van der Waals surface area contributed by atoms with E-state index in [-0.39, 0.29) is 36.3 Å². The minimum atomic E-state index is -0.563. The van der Waals surface area contributed by atoms with Gasteiger partial charge in [0.25, 0.3) is 5.56 Å². The van der Waals surface area contributed by atoms with Gasteiger partial charge in [-0.1, -0.05) is 29.8 Å². The van der Waals surface area contributed by atoms with Gasteiger partial charge in [-0.3, -0.25) is 23.9 Å². The maximum atomic E-state index is 12.5. The van der Waals surface area contributed by atoms with Crippen LogP contribution in [0.3, 0.4) is 0 Å². The van der Waals surface area contributed by atoms with Crippen molar-refractivity contribution >= 4 is 23.0 Å². The first kappa shape index (κ1) is 21.0. The number of amides is 1. The molecule has 0 aliphatic rings. The minimum Gasteiger partial charge on any atom is -0.469 e. The number of H-pyrrole nitrogens is 2. The summed E-state index contributed by atoms with van der Waals surface area (Å²) in [6.07, 6.45) is 0.315. The fourth-order valence-electron chi connectivity index (χ4n) is 3.07. The van der Waals surface area contributed by atoms with Crippen LogP contribution in [0, 0.1) is 6.92 Å². The molecule has 10 nitrogen and oxygen atoms in total. The lowest BCUT2D eigenvalue weighted by atomic mass is 10.0. The van der Waals surface area contributed by atoms with Gasteiger partial charge in [-0.05, 0) is 12.5 Å². The zero-order valence-electron chi connectivity index (χ0n) is 16.9. The van der Waals surface area contributed by atoms with Crippen molar-refractivity contribution in [3.63, 3.8) is 0 Å². The van der Waals surface area contributed by atoms with Crippen molar-refractivity contribution in [3.8, 4) is 0 Å². The van der Waals surface area contributed by atoms with Crippen molar-refractivity contribution in [2.24, 2.45) is 7.05 Å². The van der Waals surface area contributed by atoms with Crippen LogP contribution in [0.1, 0.15) is 35.8 Å². The lowest BCUT2D eigenvalue weighted by molar-refractivity contribution is -0.141. The van der Waals surface area contributed by atoms with Gasteiger partial charge < -0.3 is 15.0 Å². The van der Waals surface area contributed by atoms with E-state index in [0.717, 1.165) is 11.1 Å². The molecule has 0 radical (unpaired) electrons. The molecule has 0 spiro atoms. The molecule has 1 unspecified atom stereocenters. The number of benzene rings is 1. The Hall–Kier alpha value is -3.69. The third kappa shape index (κ3) is 4.65. The second-order valence-corrected chi connectivity index (χ2v) is 7.01. The van der Waals surface area contributed by atoms with Crippen LogP contribution in [0.4, 0.5) is 0 Å². The van der Waals surface area contributed by atoms with E-state index >= 15 is 0 Å². The first-order chi connectivity index (χ1) is 14.3. The van der Waals surface area contributed by atoms with Gasteiger partial charge in [0.05, 0.1) is 19.6 Å². The molecule has 3 N–H and O–H groups in total. The maximum Gasteiger partial charge on any atom is 0.329 e. The predicted molar refractivity (Wildman–Crippen MR) is 109 cm³/mol. The van der Waals surface area contributed by atoms with Crippen LogP contribution >= 0.6 is 0 Å². The van der Waals surface area contributed by atoms with E-state index in [9.17, 15) is 19.2 Å². The fourth-order valence-corrected chi connectivity index (χ4v) is 3.07. The largest absolute Gasteiger partial charge is 0.469 e. The summed E-state index contributed by atoms with van der Waals surface area (Å²) in [4.78, 5) is 57.1. The van der Waals surface area contributed by atoms with Gasteiger partial charge in [-0.15, -0.1) is 0 Å². The number of carbonyl (C=O) groups excluding carboxylic acids is 2. The van der Waals surface area contributed by atoms with Crippen molar-refractivity contribution in [2.75, 3.05) is 7.11 Å². The van der Waals surface area contributed by atoms with Gasteiger partial charge in [0.2, 0.25) is 5.91 Å². The second kappa shape index (κ2) is 8.76. The van der Waals surface area contributed by atoms with Crippen LogP contribution in [0.15, 0.2) is 33.9 Å². The highest BCUT2D eigenvalue weighted by molar-refractivity contribution is 5.78. The Morgan fingerprint density at radius 1 is 1.20 bits per heavy atom. The zero-order chi connectivity index (χ0) is 21.8. The van der Waals surface area contributed by atoms with E-state index in [0.29, 0.717) is 5.82 Å². The third-order valence-electron chi connectivity index (χ3n) is 4.81. The van der Waals surface area contributed by atoms with E-state index in [1.807, 2.05) is 31.2 Å². The van der Waals surface area contributed by atoms with Crippen LogP contribution < -0.4 is 16.6 Å². The number of aromatic amines is 2. The average molecular weight is 413 g/mol. The molecule has 0 aliphatic heterocycles. The molecule has 0 aliphatic carbocycles. The summed E-state index contributed by atoms with van der Waals surface area (Å²) in [5.41, 5.74) is 1.14. The van der Waals surface area contributed by atoms with Crippen LogP contribution in [0.5, 0.6) is 0 Å². The molecule has 1 atom stereocenters. The third-order valence-corrected chi connectivity index (χ3v) is 4.81. The molecule has 0 bridgehead atoms. The molecule has 2 heterocycles. The van der Waals surface area contributed by atoms with Gasteiger partial charge in [-0.25, -0.2) is 9.78 Å². The molecule has 2 aromatic heterocycles. The number of nitrogens with zero attached hydrogens (tertiary/aromatic N) is 2. The zero-order valence-corrected chi connectivity index (χ0v) is 16.9. The van der Waals surface area contributed by atoms with Crippen LogP contribution in [0.25, 0.3) is 11.2 Å². The lowest BCUT2D eigenvalue weighted by Gasteiger charge is -2.18. The monoisotopic (exact) mass is 413 g/mol. The molecule has 1 amide bonds. The smallest absolute Gasteiger partial charge is 0.329 e. The number of nitrogens with one attached hydrogen (secondary N) is 3. The Labute approximate surface area is 171 Å². The van der Waals surface area contributed by atoms with E-state index < -0.39 is 23.3 Å². The number of fused-ring (bicyclic) bond motifs is 1. The summed E-state index contributed by atoms with van der Waals surface area (Å²) < 4.78 is 5.96. The molecule has 0 saturated heterocycles. The molecule has 30 heavy (non-hydrogen) atoms. The number of carbonyl (C=O) groups is 2. The number of methoxy groups -OCH3 is 1. The summed E-state index contributed by atoms with van der Waals surface area (Å²) in [5.74, 6) is -0.308. The number of ether oxygens (including phenoxy) is 1. The Morgan fingerprint density at radius 3 is 2.57 bits per heavy atom. The van der Waals surface area contributed by atoms with E-state index in [1.54, 1.807) is 0 Å². The topological polar surface area (TPSA) is 139 Å². The highest BCUT2D eigenvalue weighted by atomic mass is 16.5. The summed E-state index contributed by atoms with van der Waals surface area (Å²) in [6, 6.07) is 7.00. The molecule has 1 aromatic carbocycles.